The lowest BCUT2D eigenvalue weighted by atomic mass is 10.2. The number of aromatic nitrogens is 1. The molecule has 1 aromatic carbocycles. The molecule has 0 atom stereocenters. The van der Waals surface area contributed by atoms with Gasteiger partial charge in [-0.2, -0.15) is 13.2 Å². The first-order valence-electron chi connectivity index (χ1n) is 5.46. The topological polar surface area (TPSA) is 42.0 Å². The van der Waals surface area contributed by atoms with E-state index in [1.807, 2.05) is 0 Å². The van der Waals surface area contributed by atoms with E-state index in [1.54, 1.807) is 0 Å². The van der Waals surface area contributed by atoms with Gasteiger partial charge in [-0.1, -0.05) is 17.7 Å². The molecule has 2 rings (SSSR count). The number of benzene rings is 1. The Kier molecular flexibility index (Phi) is 3.94. The molecule has 104 valence electrons. The third-order valence-corrected chi connectivity index (χ3v) is 2.64. The van der Waals surface area contributed by atoms with Crippen molar-refractivity contribution in [3.8, 4) is 0 Å². The molecule has 0 saturated carbocycles. The Morgan fingerprint density at radius 1 is 1.20 bits per heavy atom. The van der Waals surface area contributed by atoms with Gasteiger partial charge >= 0.3 is 6.18 Å². The average Bonchev–Trinajstić information content (AvgIpc) is 2.38. The van der Waals surface area contributed by atoms with Gasteiger partial charge in [0.25, 0.3) is 5.91 Å². The number of hydrogen-bond donors (Lipinski definition) is 1. The monoisotopic (exact) mass is 300 g/mol. The molecule has 0 unspecified atom stereocenters. The van der Waals surface area contributed by atoms with Gasteiger partial charge in [0, 0.05) is 16.9 Å². The zero-order valence-electron chi connectivity index (χ0n) is 9.91. The lowest BCUT2D eigenvalue weighted by Crippen LogP contribution is -2.14. The van der Waals surface area contributed by atoms with Crippen molar-refractivity contribution in [2.75, 3.05) is 5.32 Å². The summed E-state index contributed by atoms with van der Waals surface area (Å²) in [6.07, 6.45) is -3.13. The van der Waals surface area contributed by atoms with Crippen molar-refractivity contribution in [2.45, 2.75) is 6.18 Å². The number of nitrogens with one attached hydrogen (secondary N) is 1. The van der Waals surface area contributed by atoms with Crippen LogP contribution in [0.15, 0.2) is 42.6 Å². The minimum Gasteiger partial charge on any atom is -0.321 e. The van der Waals surface area contributed by atoms with Crippen LogP contribution in [-0.2, 0) is 6.18 Å². The zero-order valence-corrected chi connectivity index (χ0v) is 10.7. The van der Waals surface area contributed by atoms with E-state index in [0.717, 1.165) is 12.1 Å². The lowest BCUT2D eigenvalue weighted by molar-refractivity contribution is -0.137. The normalized spacial score (nSPS) is 11.2. The van der Waals surface area contributed by atoms with Gasteiger partial charge < -0.3 is 5.32 Å². The van der Waals surface area contributed by atoms with E-state index in [0.29, 0.717) is 5.02 Å². The molecule has 0 fully saturated rings. The van der Waals surface area contributed by atoms with Crippen LogP contribution in [-0.4, -0.2) is 10.9 Å². The highest BCUT2D eigenvalue weighted by Crippen LogP contribution is 2.30. The highest BCUT2D eigenvalue weighted by atomic mass is 35.5. The molecule has 1 heterocycles. The first-order chi connectivity index (χ1) is 9.36. The molecule has 0 spiro atoms. The fourth-order valence-electron chi connectivity index (χ4n) is 1.50. The second-order valence-electron chi connectivity index (χ2n) is 3.89. The number of anilines is 1. The summed E-state index contributed by atoms with van der Waals surface area (Å²) in [6, 6.07) is 7.16. The molecule has 1 aromatic heterocycles. The molecule has 0 aliphatic rings. The number of amides is 1. The van der Waals surface area contributed by atoms with Gasteiger partial charge in [0.1, 0.15) is 5.69 Å². The number of alkyl halides is 3. The summed E-state index contributed by atoms with van der Waals surface area (Å²) in [5.41, 5.74) is -0.782. The number of halogens is 4. The van der Waals surface area contributed by atoms with E-state index in [2.05, 4.69) is 10.3 Å². The van der Waals surface area contributed by atoms with Crippen LogP contribution >= 0.6 is 11.6 Å². The summed E-state index contributed by atoms with van der Waals surface area (Å²) in [7, 11) is 0. The summed E-state index contributed by atoms with van der Waals surface area (Å²) in [5.74, 6) is -0.633. The van der Waals surface area contributed by atoms with E-state index in [1.165, 1.54) is 30.5 Å². The maximum Gasteiger partial charge on any atom is 0.416 e. The van der Waals surface area contributed by atoms with Crippen LogP contribution in [0.3, 0.4) is 0 Å². The fraction of sp³-hybridized carbons (Fsp3) is 0.0769. The van der Waals surface area contributed by atoms with Crippen molar-refractivity contribution in [1.29, 1.82) is 0 Å². The predicted octanol–water partition coefficient (Wildman–Crippen LogP) is 4.01. The van der Waals surface area contributed by atoms with Gasteiger partial charge in [-0.15, -0.1) is 0 Å². The Labute approximate surface area is 117 Å². The van der Waals surface area contributed by atoms with Gasteiger partial charge in [-0.25, -0.2) is 0 Å². The summed E-state index contributed by atoms with van der Waals surface area (Å²) in [6.45, 7) is 0. The number of nitrogens with zero attached hydrogens (tertiary/aromatic N) is 1. The van der Waals surface area contributed by atoms with E-state index < -0.39 is 17.6 Å². The molecule has 3 nitrogen and oxygen atoms in total. The molecule has 20 heavy (non-hydrogen) atoms. The van der Waals surface area contributed by atoms with Gasteiger partial charge in [-0.05, 0) is 30.3 Å². The van der Waals surface area contributed by atoms with Gasteiger partial charge in [0.05, 0.1) is 5.56 Å². The minimum atomic E-state index is -4.46. The number of carbonyl (C=O) groups excluding carboxylic acids is 1. The number of pyridine rings is 1. The van der Waals surface area contributed by atoms with Crippen LogP contribution < -0.4 is 5.32 Å². The molecular weight excluding hydrogens is 293 g/mol. The standard InChI is InChI=1S/C13H8ClF3N2O/c14-9-4-5-18-11(7-9)12(20)19-10-3-1-2-8(6-10)13(15,16)17/h1-7H,(H,19,20). The molecule has 0 bridgehead atoms. The number of carbonyl (C=O) groups is 1. The third kappa shape index (κ3) is 3.48. The summed E-state index contributed by atoms with van der Waals surface area (Å²) in [4.78, 5) is 15.6. The molecule has 1 N–H and O–H groups in total. The van der Waals surface area contributed by atoms with Crippen molar-refractivity contribution in [3.63, 3.8) is 0 Å². The SMILES string of the molecule is O=C(Nc1cccc(C(F)(F)F)c1)c1cc(Cl)ccn1. The molecule has 0 aliphatic carbocycles. The van der Waals surface area contributed by atoms with Crippen LogP contribution in [0.2, 0.25) is 5.02 Å². The van der Waals surface area contributed by atoms with Crippen molar-refractivity contribution >= 4 is 23.2 Å². The number of rotatable bonds is 2. The number of hydrogen-bond acceptors (Lipinski definition) is 2. The first kappa shape index (κ1) is 14.3. The second kappa shape index (κ2) is 5.50. The lowest BCUT2D eigenvalue weighted by Gasteiger charge is -2.09. The van der Waals surface area contributed by atoms with Gasteiger partial charge in [0.2, 0.25) is 0 Å². The van der Waals surface area contributed by atoms with Crippen molar-refractivity contribution in [3.05, 3.63) is 58.9 Å². The Hall–Kier alpha value is -2.08. The highest BCUT2D eigenvalue weighted by molar-refractivity contribution is 6.30. The Morgan fingerprint density at radius 2 is 1.95 bits per heavy atom. The van der Waals surface area contributed by atoms with E-state index in [9.17, 15) is 18.0 Å². The molecule has 2 aromatic rings. The van der Waals surface area contributed by atoms with Crippen LogP contribution in [0.5, 0.6) is 0 Å². The van der Waals surface area contributed by atoms with Crippen molar-refractivity contribution < 1.29 is 18.0 Å². The molecule has 7 heteroatoms. The minimum absolute atomic E-state index is 0.0231. The summed E-state index contributed by atoms with van der Waals surface area (Å²) >= 11 is 5.71. The van der Waals surface area contributed by atoms with Crippen LogP contribution in [0.25, 0.3) is 0 Å². The Balaban J connectivity index is 2.20. The zero-order chi connectivity index (χ0) is 14.8. The fourth-order valence-corrected chi connectivity index (χ4v) is 1.66. The van der Waals surface area contributed by atoms with E-state index >= 15 is 0 Å². The Morgan fingerprint density at radius 3 is 2.60 bits per heavy atom. The van der Waals surface area contributed by atoms with Crippen molar-refractivity contribution in [2.24, 2.45) is 0 Å². The van der Waals surface area contributed by atoms with Crippen molar-refractivity contribution in [1.82, 2.24) is 4.98 Å². The molecular formula is C13H8ClF3N2O. The average molecular weight is 301 g/mol. The van der Waals surface area contributed by atoms with Gasteiger partial charge in [-0.3, -0.25) is 9.78 Å². The van der Waals surface area contributed by atoms with E-state index in [4.69, 9.17) is 11.6 Å². The highest BCUT2D eigenvalue weighted by Gasteiger charge is 2.30. The smallest absolute Gasteiger partial charge is 0.321 e. The summed E-state index contributed by atoms with van der Waals surface area (Å²) < 4.78 is 37.6. The largest absolute Gasteiger partial charge is 0.416 e. The second-order valence-corrected chi connectivity index (χ2v) is 4.33. The molecule has 0 radical (unpaired) electrons. The third-order valence-electron chi connectivity index (χ3n) is 2.40. The van der Waals surface area contributed by atoms with Crippen LogP contribution in [0.1, 0.15) is 16.1 Å². The van der Waals surface area contributed by atoms with E-state index in [-0.39, 0.29) is 11.4 Å². The van der Waals surface area contributed by atoms with Gasteiger partial charge in [0.15, 0.2) is 0 Å². The quantitative estimate of drug-likeness (QED) is 0.910. The summed E-state index contributed by atoms with van der Waals surface area (Å²) in [5, 5.41) is 2.65. The maximum atomic E-state index is 12.5. The molecule has 1 amide bonds. The van der Waals surface area contributed by atoms with Crippen LogP contribution in [0.4, 0.5) is 18.9 Å². The Bertz CT molecular complexity index is 644. The first-order valence-corrected chi connectivity index (χ1v) is 5.84. The van der Waals surface area contributed by atoms with Crippen LogP contribution in [0, 0.1) is 0 Å². The molecule has 0 saturated heterocycles. The maximum absolute atomic E-state index is 12.5. The molecule has 0 aliphatic heterocycles. The predicted molar refractivity (Wildman–Crippen MR) is 68.6 cm³/mol.